The topological polar surface area (TPSA) is 480 Å². The van der Waals surface area contributed by atoms with Crippen LogP contribution in [-0.4, -0.2) is 157 Å². The average molecular weight is 1870 g/mol. The number of thioether (sulfide) groups is 5. The molecule has 6 amide bonds. The number of para-hydroxylation sites is 3. The van der Waals surface area contributed by atoms with Crippen molar-refractivity contribution >= 4 is 139 Å². The maximum absolute atomic E-state index is 12.3. The minimum Gasteiger partial charge on any atom is -0.496 e. The van der Waals surface area contributed by atoms with Crippen molar-refractivity contribution in [2.75, 3.05) is 42.5 Å². The predicted octanol–water partition coefficient (Wildman–Crippen LogP) is 16.2. The lowest BCUT2D eigenvalue weighted by Gasteiger charge is -2.06. The van der Waals surface area contributed by atoms with E-state index in [1.54, 1.807) is 56.4 Å². The van der Waals surface area contributed by atoms with Crippen molar-refractivity contribution in [2.24, 2.45) is 0 Å². The van der Waals surface area contributed by atoms with Crippen LogP contribution in [0.5, 0.6) is 11.5 Å². The number of nitrogens with zero attached hydrogens (tertiary/aromatic N) is 15. The summed E-state index contributed by atoms with van der Waals surface area (Å²) in [7, 11) is 3.25. The number of amides is 6. The van der Waals surface area contributed by atoms with Crippen molar-refractivity contribution in [3.05, 3.63) is 279 Å². The highest BCUT2D eigenvalue weighted by atomic mass is 79.9. The Labute approximate surface area is 753 Å². The molecule has 10 aromatic heterocycles. The number of imide groups is 2. The van der Waals surface area contributed by atoms with Crippen molar-refractivity contribution < 1.29 is 42.3 Å². The molecule has 16 rings (SSSR count). The van der Waals surface area contributed by atoms with Gasteiger partial charge >= 0.3 is 12.1 Å². The Bertz CT molecular complexity index is 6220. The molecule has 640 valence electrons. The number of hydrogen-bond donors (Lipinski definition) is 11. The molecule has 0 saturated carbocycles. The van der Waals surface area contributed by atoms with Gasteiger partial charge in [0.15, 0.2) is 29.1 Å². The molecule has 0 fully saturated rings. The SMILES string of the molecule is COc1ccccc1-c1nc(SCc2ccccn2)n[nH]1.Nc1nc(CSc2n[nH]c(-c3ccccc3)n2)nc(Nc2ccccc2)n1.O=C(CSc1n[nH]c(-c2ccccc2)n1)NC(=O)NCc1ccco1.O=C(CSc1n[nH]c(-c2ccccc2Br)n1)NC(=O)NCc1ccco1.[C-]#[N+]c1c(CC(=O)CSc2n[nH]c(-c3ccccc3OC)n2)sc(C)c1C. The fourth-order valence-electron chi connectivity index (χ4n) is 10.8. The summed E-state index contributed by atoms with van der Waals surface area (Å²) in [6, 6.07) is 63.4. The lowest BCUT2D eigenvalue weighted by molar-refractivity contribution is -0.118. The Kier molecular flexibility index (Phi) is 34.4. The van der Waals surface area contributed by atoms with Crippen LogP contribution in [0.25, 0.3) is 61.8 Å². The van der Waals surface area contributed by atoms with Crippen LogP contribution in [0.2, 0.25) is 0 Å². The number of hydrogen-bond acceptors (Lipinski definition) is 31. The lowest BCUT2D eigenvalue weighted by atomic mass is 10.2. The normalized spacial score (nSPS) is 10.5. The number of urea groups is 2. The molecule has 0 aliphatic carbocycles. The third-order valence-corrected chi connectivity index (χ3v) is 23.1. The molecule has 42 heteroatoms. The molecule has 0 saturated heterocycles. The number of benzene rings is 6. The molecule has 0 bridgehead atoms. The van der Waals surface area contributed by atoms with Crippen molar-refractivity contribution in [1.82, 2.24) is 117 Å². The molecular weight excluding hydrogens is 1790 g/mol. The van der Waals surface area contributed by atoms with E-state index in [0.29, 0.717) is 89.6 Å². The summed E-state index contributed by atoms with van der Waals surface area (Å²) < 4.78 is 21.7. The van der Waals surface area contributed by atoms with Gasteiger partial charge in [-0.1, -0.05) is 202 Å². The Balaban J connectivity index is 0.000000144. The first-order valence-corrected chi connectivity index (χ1v) is 44.3. The molecule has 10 heterocycles. The fraction of sp³-hybridized carbons (Fsp3) is 0.143. The van der Waals surface area contributed by atoms with Crippen molar-refractivity contribution in [1.29, 1.82) is 0 Å². The molecule has 0 atom stereocenters. The second-order valence-corrected chi connectivity index (χ2v) is 32.5. The molecule has 126 heavy (non-hydrogen) atoms. The van der Waals surface area contributed by atoms with E-state index in [2.05, 4.69) is 143 Å². The zero-order valence-electron chi connectivity index (χ0n) is 67.3. The maximum atomic E-state index is 12.3. The van der Waals surface area contributed by atoms with Crippen LogP contribution in [0.15, 0.2) is 264 Å². The molecular formula is C84H77BrN26O9S6. The van der Waals surface area contributed by atoms with E-state index in [1.807, 2.05) is 196 Å². The molecule has 0 aliphatic heterocycles. The number of aromatic nitrogens is 19. The number of furan rings is 2. The maximum Gasteiger partial charge on any atom is 0.321 e. The number of carbonyl (C=O) groups is 5. The lowest BCUT2D eigenvalue weighted by Crippen LogP contribution is -2.39. The number of halogens is 1. The number of ether oxygens (including phenoxy) is 2. The number of aromatic amines is 5. The van der Waals surface area contributed by atoms with E-state index < -0.39 is 23.9 Å². The Morgan fingerprint density at radius 3 is 1.42 bits per heavy atom. The van der Waals surface area contributed by atoms with Crippen molar-refractivity contribution in [2.45, 2.75) is 70.6 Å². The van der Waals surface area contributed by atoms with Crippen LogP contribution >= 0.6 is 86.1 Å². The summed E-state index contributed by atoms with van der Waals surface area (Å²) in [6.07, 6.45) is 5.08. The number of anilines is 3. The summed E-state index contributed by atoms with van der Waals surface area (Å²) in [6.45, 7) is 11.6. The molecule has 12 N–H and O–H groups in total. The number of carbonyl (C=O) groups excluding carboxylic acids is 5. The molecule has 16 aromatic rings. The Morgan fingerprint density at radius 1 is 0.492 bits per heavy atom. The van der Waals surface area contributed by atoms with E-state index in [4.69, 9.17) is 30.6 Å². The zero-order valence-corrected chi connectivity index (χ0v) is 73.8. The van der Waals surface area contributed by atoms with Gasteiger partial charge in [0.05, 0.1) is 86.2 Å². The smallest absolute Gasteiger partial charge is 0.321 e. The van der Waals surface area contributed by atoms with Gasteiger partial charge in [-0.25, -0.2) is 39.4 Å². The summed E-state index contributed by atoms with van der Waals surface area (Å²) in [5, 5.41) is 50.5. The van der Waals surface area contributed by atoms with Gasteiger partial charge in [0, 0.05) is 50.1 Å². The van der Waals surface area contributed by atoms with Crippen LogP contribution in [-0.2, 0) is 45.4 Å². The second kappa shape index (κ2) is 47.5. The number of nitrogen functional groups attached to an aromatic ring is 1. The van der Waals surface area contributed by atoms with Crippen LogP contribution in [0, 0.1) is 20.4 Å². The summed E-state index contributed by atoms with van der Waals surface area (Å²) in [5.41, 5.74) is 13.8. The first kappa shape index (κ1) is 91.1. The third kappa shape index (κ3) is 28.2. The van der Waals surface area contributed by atoms with Crippen LogP contribution in [0.3, 0.4) is 0 Å². The van der Waals surface area contributed by atoms with Gasteiger partial charge in [-0.15, -0.1) is 25.5 Å². The van der Waals surface area contributed by atoms with E-state index in [1.165, 1.54) is 47.4 Å². The van der Waals surface area contributed by atoms with E-state index in [9.17, 15) is 24.0 Å². The summed E-state index contributed by atoms with van der Waals surface area (Å²) >= 11 is 11.5. The zero-order chi connectivity index (χ0) is 88.2. The van der Waals surface area contributed by atoms with Gasteiger partial charge in [0.2, 0.25) is 55.2 Å². The van der Waals surface area contributed by atoms with Gasteiger partial charge in [0.25, 0.3) is 0 Å². The number of methoxy groups -OCH3 is 2. The highest BCUT2D eigenvalue weighted by Crippen LogP contribution is 2.37. The number of H-pyrrole nitrogens is 5. The molecule has 0 radical (unpaired) electrons. The van der Waals surface area contributed by atoms with E-state index in [0.717, 1.165) is 99.8 Å². The van der Waals surface area contributed by atoms with Gasteiger partial charge in [-0.3, -0.25) is 55.5 Å². The highest BCUT2D eigenvalue weighted by Gasteiger charge is 2.21. The predicted molar refractivity (Wildman–Crippen MR) is 486 cm³/mol. The summed E-state index contributed by atoms with van der Waals surface area (Å²) in [5.74, 6) is 7.74. The molecule has 0 aliphatic rings. The largest absolute Gasteiger partial charge is 0.496 e. The molecule has 6 aromatic carbocycles. The minimum atomic E-state index is -0.587. The number of Topliss-reactive ketones (excluding diaryl/α,β-unsaturated/α-hetero) is 1. The third-order valence-electron chi connectivity index (χ3n) is 16.8. The average Bonchev–Trinajstić information content (AvgIpc) is 1.71. The molecule has 0 unspecified atom stereocenters. The quantitative estimate of drug-likeness (QED) is 0.0147. The van der Waals surface area contributed by atoms with Gasteiger partial charge in [-0.05, 0) is 103 Å². The van der Waals surface area contributed by atoms with Gasteiger partial charge in [0.1, 0.15) is 34.6 Å². The van der Waals surface area contributed by atoms with Gasteiger partial charge < -0.3 is 40.0 Å². The van der Waals surface area contributed by atoms with Crippen LogP contribution in [0.1, 0.15) is 38.4 Å². The van der Waals surface area contributed by atoms with Crippen molar-refractivity contribution in [3.8, 4) is 68.4 Å². The van der Waals surface area contributed by atoms with Crippen LogP contribution < -0.4 is 41.8 Å². The Hall–Kier alpha value is -14.1. The van der Waals surface area contributed by atoms with Gasteiger partial charge in [-0.2, -0.15) is 26.3 Å². The van der Waals surface area contributed by atoms with E-state index >= 15 is 0 Å². The number of aryl methyl sites for hydroxylation is 1. The fourth-order valence-corrected chi connectivity index (χ4v) is 15.7. The number of thiophene rings is 1. The highest BCUT2D eigenvalue weighted by molar-refractivity contribution is 9.10. The number of nitrogens with two attached hydrogens (primary N) is 1. The second-order valence-electron chi connectivity index (χ2n) is 25.6. The Morgan fingerprint density at radius 2 is 0.937 bits per heavy atom. The number of nitrogens with one attached hydrogen (secondary N) is 10. The molecule has 35 nitrogen and oxygen atoms in total. The number of pyridine rings is 1. The molecule has 0 spiro atoms. The monoisotopic (exact) mass is 1860 g/mol. The van der Waals surface area contributed by atoms with Crippen LogP contribution in [0.4, 0.5) is 32.9 Å². The standard InChI is InChI=1S/C19H18N4O2S2.C18H16N8S.C16H14BrN5O3S.C16H15N5O3S.C15H14N4OS/c1-11-12(2)27-16(17(11)20-3)9-13(24)10-26-19-21-18(22-23-19)14-7-5-6-8-15(14)25-4;19-16-21-14(22-17(24-16)20-13-9-5-2-6-10-13)11-27-18-23-15(25-26-18)12-7-3-1-4-8-12;17-12-6-2-1-5-11(12)14-20-16(22-21-14)26-9-13(23)19-15(24)18-8-10-4-3-7-25-10;22-13(18-15(23)17-9-12-7-4-8-24-12)10-25-16-19-14(20-21-16)11-5-2-1-3-6-11;1-20-13-8-3-2-7-12(13)14-17-15(19-18-14)21-10-11-6-4-5-9-16-11/h5-8H,9-10H2,1-2,4H3,(H,21,22,23);1-10H,11H2,(H,23,25,26)(H3,19,20,21,22,24);1-7H,8-9H2,(H,20,21,22)(H2,18,19,23,24);1-8H,9-10H2,(H,19,20,21)(H2,17,18,22,23);2-9H,10H2,1H3,(H,17,18,19). The van der Waals surface area contributed by atoms with E-state index in [-0.39, 0.29) is 48.5 Å². The minimum absolute atomic E-state index is 0.0153. The summed E-state index contributed by atoms with van der Waals surface area (Å²) in [4.78, 5) is 104. The first-order valence-electron chi connectivity index (χ1n) is 37.8. The van der Waals surface area contributed by atoms with Crippen molar-refractivity contribution in [3.63, 3.8) is 0 Å². The number of ketones is 1. The number of rotatable bonds is 30. The first-order chi connectivity index (χ1) is 61.5.